The molecule has 0 atom stereocenters. The Bertz CT molecular complexity index is 1180. The van der Waals surface area contributed by atoms with Crippen LogP contribution in [0.4, 0.5) is 0 Å². The van der Waals surface area contributed by atoms with E-state index in [4.69, 9.17) is 37.4 Å². The lowest BCUT2D eigenvalue weighted by Gasteiger charge is -2.14. The third-order valence-corrected chi connectivity index (χ3v) is 6.31. The van der Waals surface area contributed by atoms with E-state index in [1.807, 2.05) is 12.1 Å². The number of sulfone groups is 1. The number of hydrogen-bond donors (Lipinski definition) is 0. The summed E-state index contributed by atoms with van der Waals surface area (Å²) in [7, 11) is -1.78. The molecule has 0 saturated heterocycles. The van der Waals surface area contributed by atoms with Crippen molar-refractivity contribution in [3.8, 4) is 39.5 Å². The van der Waals surface area contributed by atoms with Gasteiger partial charge in [0.2, 0.25) is 6.79 Å². The number of rotatable bonds is 4. The highest BCUT2D eigenvalue weighted by Gasteiger charge is 2.21. The van der Waals surface area contributed by atoms with Crippen LogP contribution in [0.2, 0.25) is 10.0 Å². The minimum Gasteiger partial charge on any atom is -0.494 e. The van der Waals surface area contributed by atoms with E-state index in [-0.39, 0.29) is 11.7 Å². The quantitative estimate of drug-likeness (QED) is 0.527. The second-order valence-electron chi connectivity index (χ2n) is 6.52. The molecule has 0 radical (unpaired) electrons. The van der Waals surface area contributed by atoms with E-state index < -0.39 is 9.84 Å². The summed E-state index contributed by atoms with van der Waals surface area (Å²) >= 11 is 12.7. The zero-order valence-corrected chi connectivity index (χ0v) is 17.9. The maximum atomic E-state index is 11.8. The number of ether oxygens (including phenoxy) is 3. The van der Waals surface area contributed by atoms with Gasteiger partial charge in [-0.1, -0.05) is 35.3 Å². The van der Waals surface area contributed by atoms with Gasteiger partial charge in [0.05, 0.1) is 22.1 Å². The van der Waals surface area contributed by atoms with E-state index in [0.29, 0.717) is 27.3 Å². The Balaban J connectivity index is 1.91. The van der Waals surface area contributed by atoms with Crippen LogP contribution >= 0.6 is 23.2 Å². The van der Waals surface area contributed by atoms with Gasteiger partial charge in [-0.3, -0.25) is 0 Å². The van der Waals surface area contributed by atoms with Crippen LogP contribution in [-0.2, 0) is 9.84 Å². The van der Waals surface area contributed by atoms with E-state index in [9.17, 15) is 8.42 Å². The van der Waals surface area contributed by atoms with Gasteiger partial charge in [0, 0.05) is 6.26 Å². The molecule has 4 rings (SSSR count). The highest BCUT2D eigenvalue weighted by molar-refractivity contribution is 7.90. The topological polar surface area (TPSA) is 61.8 Å². The van der Waals surface area contributed by atoms with Crippen LogP contribution in [0, 0.1) is 0 Å². The fraction of sp³-hybridized carbons (Fsp3) is 0.143. The predicted molar refractivity (Wildman–Crippen MR) is 113 cm³/mol. The summed E-state index contributed by atoms with van der Waals surface area (Å²) in [4.78, 5) is 0.249. The van der Waals surface area contributed by atoms with Crippen molar-refractivity contribution in [2.24, 2.45) is 0 Å². The van der Waals surface area contributed by atoms with E-state index in [2.05, 4.69) is 0 Å². The van der Waals surface area contributed by atoms with Gasteiger partial charge in [-0.15, -0.1) is 0 Å². The Morgan fingerprint density at radius 1 is 0.862 bits per heavy atom. The third kappa shape index (κ3) is 3.75. The fourth-order valence-corrected chi connectivity index (χ4v) is 4.48. The lowest BCUT2D eigenvalue weighted by atomic mass is 9.94. The molecule has 0 N–H and O–H groups in total. The molecule has 29 heavy (non-hydrogen) atoms. The van der Waals surface area contributed by atoms with Gasteiger partial charge in [0.15, 0.2) is 27.1 Å². The number of halogens is 2. The van der Waals surface area contributed by atoms with Crippen LogP contribution in [0.1, 0.15) is 0 Å². The zero-order chi connectivity index (χ0) is 20.8. The summed E-state index contributed by atoms with van der Waals surface area (Å²) in [5, 5.41) is 0.761. The summed E-state index contributed by atoms with van der Waals surface area (Å²) < 4.78 is 39.8. The maximum absolute atomic E-state index is 11.8. The van der Waals surface area contributed by atoms with Crippen LogP contribution in [0.3, 0.4) is 0 Å². The number of hydrogen-bond acceptors (Lipinski definition) is 5. The smallest absolute Gasteiger partial charge is 0.231 e. The molecule has 5 nitrogen and oxygen atoms in total. The summed E-state index contributed by atoms with van der Waals surface area (Å²) in [5.74, 6) is 1.62. The van der Waals surface area contributed by atoms with Gasteiger partial charge in [0.1, 0.15) is 0 Å². The number of fused-ring (bicyclic) bond motifs is 1. The molecule has 0 fully saturated rings. The van der Waals surface area contributed by atoms with Gasteiger partial charge < -0.3 is 14.2 Å². The van der Waals surface area contributed by atoms with E-state index in [1.165, 1.54) is 13.4 Å². The van der Waals surface area contributed by atoms with Crippen LogP contribution in [0.25, 0.3) is 22.3 Å². The van der Waals surface area contributed by atoms with E-state index >= 15 is 0 Å². The maximum Gasteiger partial charge on any atom is 0.231 e. The minimum absolute atomic E-state index is 0.134. The molecular formula is C21H16Cl2O5S. The van der Waals surface area contributed by atoms with Gasteiger partial charge in [-0.25, -0.2) is 8.42 Å². The highest BCUT2D eigenvalue weighted by Crippen LogP contribution is 2.45. The first-order chi connectivity index (χ1) is 13.8. The Labute approximate surface area is 178 Å². The first-order valence-corrected chi connectivity index (χ1v) is 11.2. The predicted octanol–water partition coefficient (Wildman–Crippen LogP) is 5.47. The molecule has 3 aromatic carbocycles. The number of benzene rings is 3. The van der Waals surface area contributed by atoms with Crippen LogP contribution in [0.15, 0.2) is 53.4 Å². The zero-order valence-electron chi connectivity index (χ0n) is 15.5. The standard InChI is InChI=1S/C21H16Cl2O5S/c1-26-21-17(22)7-13(8-18(21)23)16-10-20-19(27-11-28-20)9-15(16)12-3-5-14(6-4-12)29(2,24)25/h3-10H,11H2,1-2H3. The molecular weight excluding hydrogens is 435 g/mol. The average Bonchev–Trinajstić information content (AvgIpc) is 3.13. The minimum atomic E-state index is -3.29. The molecule has 0 unspecified atom stereocenters. The molecule has 1 heterocycles. The van der Waals surface area contributed by atoms with Crippen molar-refractivity contribution in [2.45, 2.75) is 4.90 Å². The average molecular weight is 451 g/mol. The molecule has 1 aliphatic rings. The van der Waals surface area contributed by atoms with Crippen molar-refractivity contribution in [1.82, 2.24) is 0 Å². The molecule has 8 heteroatoms. The third-order valence-electron chi connectivity index (χ3n) is 4.62. The van der Waals surface area contributed by atoms with E-state index in [1.54, 1.807) is 36.4 Å². The summed E-state index contributed by atoms with van der Waals surface area (Å²) in [6.45, 7) is 0.134. The van der Waals surface area contributed by atoms with Gasteiger partial charge >= 0.3 is 0 Å². The van der Waals surface area contributed by atoms with Gasteiger partial charge in [-0.05, 0) is 58.7 Å². The Hall–Kier alpha value is -2.41. The molecule has 0 spiro atoms. The SMILES string of the molecule is COc1c(Cl)cc(-c2cc3c(cc2-c2ccc(S(C)(=O)=O)cc2)OCO3)cc1Cl. The van der Waals surface area contributed by atoms with Crippen LogP contribution < -0.4 is 14.2 Å². The second-order valence-corrected chi connectivity index (χ2v) is 9.35. The fourth-order valence-electron chi connectivity index (χ4n) is 3.21. The van der Waals surface area contributed by atoms with Gasteiger partial charge in [-0.2, -0.15) is 0 Å². The van der Waals surface area contributed by atoms with Crippen molar-refractivity contribution >= 4 is 33.0 Å². The number of methoxy groups -OCH3 is 1. The summed E-state index contributed by atoms with van der Waals surface area (Å²) in [6, 6.07) is 13.9. The first-order valence-electron chi connectivity index (χ1n) is 8.55. The molecule has 3 aromatic rings. The van der Waals surface area contributed by atoms with Crippen LogP contribution in [0.5, 0.6) is 17.2 Å². The first kappa shape index (κ1) is 19.9. The lowest BCUT2D eigenvalue weighted by Crippen LogP contribution is -1.96. The molecule has 0 aliphatic carbocycles. The molecule has 0 bridgehead atoms. The molecule has 0 aromatic heterocycles. The van der Waals surface area contributed by atoms with Crippen molar-refractivity contribution in [1.29, 1.82) is 0 Å². The normalized spacial score (nSPS) is 12.8. The molecule has 0 amide bonds. The van der Waals surface area contributed by atoms with E-state index in [0.717, 1.165) is 22.3 Å². The summed E-state index contributed by atoms with van der Waals surface area (Å²) in [5.41, 5.74) is 3.22. The largest absolute Gasteiger partial charge is 0.494 e. The van der Waals surface area contributed by atoms with Crippen molar-refractivity contribution in [3.63, 3.8) is 0 Å². The Morgan fingerprint density at radius 2 is 1.38 bits per heavy atom. The Morgan fingerprint density at radius 3 is 1.86 bits per heavy atom. The second kappa shape index (κ2) is 7.44. The van der Waals surface area contributed by atoms with Crippen LogP contribution in [-0.4, -0.2) is 28.6 Å². The monoisotopic (exact) mass is 450 g/mol. The van der Waals surface area contributed by atoms with Crippen molar-refractivity contribution < 1.29 is 22.6 Å². The Kier molecular flexibility index (Phi) is 5.11. The van der Waals surface area contributed by atoms with Crippen molar-refractivity contribution in [2.75, 3.05) is 20.2 Å². The molecule has 150 valence electrons. The lowest BCUT2D eigenvalue weighted by molar-refractivity contribution is 0.174. The molecule has 1 aliphatic heterocycles. The van der Waals surface area contributed by atoms with Crippen molar-refractivity contribution in [3.05, 3.63) is 58.6 Å². The summed E-state index contributed by atoms with van der Waals surface area (Å²) in [6.07, 6.45) is 1.18. The van der Waals surface area contributed by atoms with Gasteiger partial charge in [0.25, 0.3) is 0 Å². The highest BCUT2D eigenvalue weighted by atomic mass is 35.5. The molecule has 0 saturated carbocycles.